The van der Waals surface area contributed by atoms with E-state index in [0.29, 0.717) is 17.8 Å². The molecule has 0 fully saturated rings. The number of hydrazine groups is 1. The normalized spacial score (nSPS) is 12.9. The van der Waals surface area contributed by atoms with Gasteiger partial charge in [0.05, 0.1) is 18.6 Å². The maximum Gasteiger partial charge on any atom is 0.134 e. The first-order valence-electron chi connectivity index (χ1n) is 6.35. The number of nitrogens with one attached hydrogen (secondary N) is 1. The lowest BCUT2D eigenvalue weighted by atomic mass is 10.0. The molecule has 2 aromatic heterocycles. The Labute approximate surface area is 115 Å². The monoisotopic (exact) mass is 274 g/mol. The van der Waals surface area contributed by atoms with Crippen molar-refractivity contribution in [2.24, 2.45) is 5.84 Å². The third-order valence-corrected chi connectivity index (χ3v) is 3.47. The van der Waals surface area contributed by atoms with Gasteiger partial charge < -0.3 is 8.83 Å². The molecule has 0 amide bonds. The number of rotatable bonds is 4. The van der Waals surface area contributed by atoms with Crippen LogP contribution in [0.25, 0.3) is 11.0 Å². The van der Waals surface area contributed by atoms with Crippen molar-refractivity contribution in [3.05, 3.63) is 59.5 Å². The van der Waals surface area contributed by atoms with Crippen LogP contribution in [0.3, 0.4) is 0 Å². The van der Waals surface area contributed by atoms with E-state index in [-0.39, 0.29) is 11.9 Å². The van der Waals surface area contributed by atoms with Crippen molar-refractivity contribution < 1.29 is 13.2 Å². The fourth-order valence-corrected chi connectivity index (χ4v) is 2.42. The molecule has 4 nitrogen and oxygen atoms in total. The number of hydrogen-bond acceptors (Lipinski definition) is 4. The number of fused-ring (bicyclic) bond motifs is 1. The van der Waals surface area contributed by atoms with Crippen LogP contribution in [0.15, 0.2) is 45.6 Å². The fraction of sp³-hybridized carbons (Fsp3) is 0.200. The van der Waals surface area contributed by atoms with E-state index < -0.39 is 0 Å². The molecule has 0 bridgehead atoms. The molecule has 0 spiro atoms. The highest BCUT2D eigenvalue weighted by Crippen LogP contribution is 2.31. The Morgan fingerprint density at radius 1 is 1.35 bits per heavy atom. The fourth-order valence-electron chi connectivity index (χ4n) is 2.42. The Bertz CT molecular complexity index is 719. The zero-order valence-electron chi connectivity index (χ0n) is 11.0. The summed E-state index contributed by atoms with van der Waals surface area (Å²) in [5.74, 6) is 6.07. The topological polar surface area (TPSA) is 64.3 Å². The first kappa shape index (κ1) is 12.9. The van der Waals surface area contributed by atoms with Gasteiger partial charge in [0.15, 0.2) is 0 Å². The van der Waals surface area contributed by atoms with Gasteiger partial charge in [0.25, 0.3) is 0 Å². The highest BCUT2D eigenvalue weighted by Gasteiger charge is 2.20. The van der Waals surface area contributed by atoms with Crippen molar-refractivity contribution in [3.8, 4) is 0 Å². The predicted molar refractivity (Wildman–Crippen MR) is 73.4 cm³/mol. The lowest BCUT2D eigenvalue weighted by molar-refractivity contribution is 0.430. The Kier molecular flexibility index (Phi) is 3.30. The Hall–Kier alpha value is -2.11. The number of hydrogen-bond donors (Lipinski definition) is 2. The number of nitrogens with two attached hydrogens (primary N) is 1. The largest absolute Gasteiger partial charge is 0.472 e. The van der Waals surface area contributed by atoms with E-state index in [9.17, 15) is 4.39 Å². The molecule has 0 saturated heterocycles. The van der Waals surface area contributed by atoms with E-state index in [0.717, 1.165) is 16.5 Å². The minimum Gasteiger partial charge on any atom is -0.472 e. The summed E-state index contributed by atoms with van der Waals surface area (Å²) in [5, 5.41) is 0.771. The Morgan fingerprint density at radius 2 is 2.20 bits per heavy atom. The van der Waals surface area contributed by atoms with Crippen molar-refractivity contribution in [1.29, 1.82) is 0 Å². The summed E-state index contributed by atoms with van der Waals surface area (Å²) in [5.41, 5.74) is 5.31. The minimum absolute atomic E-state index is 0.192. The van der Waals surface area contributed by atoms with Gasteiger partial charge >= 0.3 is 0 Å². The van der Waals surface area contributed by atoms with Gasteiger partial charge in [0.2, 0.25) is 0 Å². The van der Waals surface area contributed by atoms with Crippen molar-refractivity contribution in [1.82, 2.24) is 5.43 Å². The first-order valence-corrected chi connectivity index (χ1v) is 6.35. The van der Waals surface area contributed by atoms with E-state index in [4.69, 9.17) is 14.7 Å². The first-order chi connectivity index (χ1) is 9.69. The van der Waals surface area contributed by atoms with E-state index in [1.165, 1.54) is 12.1 Å². The summed E-state index contributed by atoms with van der Waals surface area (Å²) in [6, 6.07) is 6.18. The van der Waals surface area contributed by atoms with E-state index in [1.807, 2.05) is 13.0 Å². The van der Waals surface area contributed by atoms with Crippen LogP contribution in [0.1, 0.15) is 22.9 Å². The third-order valence-electron chi connectivity index (χ3n) is 3.47. The summed E-state index contributed by atoms with van der Waals surface area (Å²) >= 11 is 0. The Morgan fingerprint density at radius 3 is 2.90 bits per heavy atom. The predicted octanol–water partition coefficient (Wildman–Crippen LogP) is 3.22. The molecular formula is C15H15FN2O2. The average Bonchev–Trinajstić information content (AvgIpc) is 3.05. The van der Waals surface area contributed by atoms with Crippen LogP contribution in [0.4, 0.5) is 4.39 Å². The molecule has 3 N–H and O–H groups in total. The number of halogens is 1. The van der Waals surface area contributed by atoms with Crippen LogP contribution in [0.2, 0.25) is 0 Å². The molecule has 1 atom stereocenters. The van der Waals surface area contributed by atoms with Gasteiger partial charge in [-0.25, -0.2) is 9.82 Å². The van der Waals surface area contributed by atoms with Crippen LogP contribution in [-0.4, -0.2) is 0 Å². The van der Waals surface area contributed by atoms with Crippen molar-refractivity contribution in [3.63, 3.8) is 0 Å². The van der Waals surface area contributed by atoms with Crippen LogP contribution >= 0.6 is 0 Å². The molecule has 0 saturated carbocycles. The summed E-state index contributed by atoms with van der Waals surface area (Å²) in [4.78, 5) is 0. The lowest BCUT2D eigenvalue weighted by Gasteiger charge is -2.13. The summed E-state index contributed by atoms with van der Waals surface area (Å²) in [6.07, 6.45) is 3.92. The molecule has 2 heterocycles. The van der Waals surface area contributed by atoms with Crippen LogP contribution < -0.4 is 11.3 Å². The molecule has 5 heteroatoms. The highest BCUT2D eigenvalue weighted by molar-refractivity contribution is 5.82. The van der Waals surface area contributed by atoms with Gasteiger partial charge in [0.1, 0.15) is 17.2 Å². The summed E-state index contributed by atoms with van der Waals surface area (Å²) < 4.78 is 24.2. The smallest absolute Gasteiger partial charge is 0.134 e. The number of furan rings is 2. The van der Waals surface area contributed by atoms with E-state index in [1.54, 1.807) is 18.6 Å². The molecule has 3 aromatic rings. The molecular weight excluding hydrogens is 259 g/mol. The standard InChI is InChI=1S/C15H15FN2O2/c1-9-12-7-11(16)2-3-14(12)20-15(9)13(18-17)6-10-4-5-19-8-10/h2-5,7-8,13,18H,6,17H2,1H3. The molecule has 0 aliphatic heterocycles. The quantitative estimate of drug-likeness (QED) is 0.566. The molecule has 1 unspecified atom stereocenters. The molecule has 3 rings (SSSR count). The van der Waals surface area contributed by atoms with Gasteiger partial charge in [-0.1, -0.05) is 0 Å². The molecule has 20 heavy (non-hydrogen) atoms. The SMILES string of the molecule is Cc1c(C(Cc2ccoc2)NN)oc2ccc(F)cc12. The van der Waals surface area contributed by atoms with Crippen LogP contribution in [0.5, 0.6) is 0 Å². The van der Waals surface area contributed by atoms with Crippen molar-refractivity contribution >= 4 is 11.0 Å². The highest BCUT2D eigenvalue weighted by atomic mass is 19.1. The van der Waals surface area contributed by atoms with Crippen molar-refractivity contribution in [2.45, 2.75) is 19.4 Å². The molecule has 0 aliphatic rings. The molecule has 0 radical (unpaired) electrons. The second-order valence-corrected chi connectivity index (χ2v) is 4.79. The maximum absolute atomic E-state index is 13.3. The maximum atomic E-state index is 13.3. The Balaban J connectivity index is 2.01. The average molecular weight is 274 g/mol. The van der Waals surface area contributed by atoms with Gasteiger partial charge in [0, 0.05) is 10.9 Å². The zero-order chi connectivity index (χ0) is 14.1. The third kappa shape index (κ3) is 2.21. The van der Waals surface area contributed by atoms with Gasteiger partial charge in [-0.15, -0.1) is 0 Å². The number of benzene rings is 1. The van der Waals surface area contributed by atoms with Gasteiger partial charge in [-0.3, -0.25) is 5.84 Å². The van der Waals surface area contributed by atoms with Crippen LogP contribution in [0, 0.1) is 12.7 Å². The van der Waals surface area contributed by atoms with E-state index in [2.05, 4.69) is 5.43 Å². The second-order valence-electron chi connectivity index (χ2n) is 4.79. The summed E-state index contributed by atoms with van der Waals surface area (Å²) in [7, 11) is 0. The minimum atomic E-state index is -0.278. The zero-order valence-corrected chi connectivity index (χ0v) is 11.0. The van der Waals surface area contributed by atoms with Crippen molar-refractivity contribution in [2.75, 3.05) is 0 Å². The molecule has 0 aliphatic carbocycles. The number of aryl methyl sites for hydroxylation is 1. The van der Waals surface area contributed by atoms with Gasteiger partial charge in [-0.05, 0) is 43.2 Å². The second kappa shape index (κ2) is 5.11. The summed E-state index contributed by atoms with van der Waals surface area (Å²) in [6.45, 7) is 1.90. The molecule has 104 valence electrons. The van der Waals surface area contributed by atoms with E-state index >= 15 is 0 Å². The van der Waals surface area contributed by atoms with Gasteiger partial charge in [-0.2, -0.15) is 0 Å². The van der Waals surface area contributed by atoms with Crippen LogP contribution in [-0.2, 0) is 6.42 Å². The lowest BCUT2D eigenvalue weighted by Crippen LogP contribution is -2.29. The molecule has 1 aromatic carbocycles.